The van der Waals surface area contributed by atoms with Gasteiger partial charge >= 0.3 is 0 Å². The van der Waals surface area contributed by atoms with Crippen LogP contribution in [0.2, 0.25) is 0 Å². The summed E-state index contributed by atoms with van der Waals surface area (Å²) in [4.78, 5) is 4.43. The van der Waals surface area contributed by atoms with Gasteiger partial charge in [0.15, 0.2) is 0 Å². The van der Waals surface area contributed by atoms with Crippen LogP contribution in [0.3, 0.4) is 0 Å². The van der Waals surface area contributed by atoms with Gasteiger partial charge in [-0.25, -0.2) is 0 Å². The Balaban J connectivity index is 1.97. The van der Waals surface area contributed by atoms with Crippen molar-refractivity contribution < 1.29 is 4.74 Å². The lowest BCUT2D eigenvalue weighted by Crippen LogP contribution is -2.21. The van der Waals surface area contributed by atoms with Crippen LogP contribution in [-0.2, 0) is 13.0 Å². The highest BCUT2D eigenvalue weighted by Crippen LogP contribution is 2.16. The molecule has 0 saturated heterocycles. The normalized spacial score (nSPS) is 12.2. The van der Waals surface area contributed by atoms with Gasteiger partial charge in [0.05, 0.1) is 5.69 Å². The fraction of sp³-hybridized carbons (Fsp3) is 0.353. The van der Waals surface area contributed by atoms with Gasteiger partial charge in [0.25, 0.3) is 0 Å². The van der Waals surface area contributed by atoms with Gasteiger partial charge in [-0.2, -0.15) is 0 Å². The number of ether oxygens (including phenoxy) is 1. The Hall–Kier alpha value is -1.87. The maximum atomic E-state index is 5.99. The minimum atomic E-state index is 0.212. The second-order valence-electron chi connectivity index (χ2n) is 5.08. The van der Waals surface area contributed by atoms with Crippen LogP contribution in [0.25, 0.3) is 0 Å². The molecule has 0 aliphatic heterocycles. The smallest absolute Gasteiger partial charge is 0.130 e. The van der Waals surface area contributed by atoms with Crippen LogP contribution in [0.5, 0.6) is 5.75 Å². The van der Waals surface area contributed by atoms with Crippen LogP contribution < -0.4 is 10.5 Å². The molecular weight excluding hydrogens is 248 g/mol. The molecule has 1 unspecified atom stereocenters. The van der Waals surface area contributed by atoms with E-state index in [4.69, 9.17) is 10.5 Å². The molecule has 0 fully saturated rings. The SMILES string of the molecule is CCC(N)Cc1cccc(OCc2cccc(C)n2)c1. The number of nitrogens with two attached hydrogens (primary N) is 1. The molecule has 1 aromatic heterocycles. The second kappa shape index (κ2) is 7.06. The summed E-state index contributed by atoms with van der Waals surface area (Å²) in [6, 6.07) is 14.3. The lowest BCUT2D eigenvalue weighted by molar-refractivity contribution is 0.300. The number of benzene rings is 1. The number of aryl methyl sites for hydroxylation is 1. The second-order valence-corrected chi connectivity index (χ2v) is 5.08. The van der Waals surface area contributed by atoms with Crippen molar-refractivity contribution in [2.75, 3.05) is 0 Å². The molecule has 3 heteroatoms. The van der Waals surface area contributed by atoms with E-state index in [-0.39, 0.29) is 6.04 Å². The van der Waals surface area contributed by atoms with Gasteiger partial charge in [0.1, 0.15) is 12.4 Å². The molecule has 2 aromatic rings. The third-order valence-electron chi connectivity index (χ3n) is 3.25. The maximum absolute atomic E-state index is 5.99. The predicted octanol–water partition coefficient (Wildman–Crippen LogP) is 3.25. The van der Waals surface area contributed by atoms with E-state index >= 15 is 0 Å². The zero-order valence-electron chi connectivity index (χ0n) is 12.2. The van der Waals surface area contributed by atoms with E-state index in [2.05, 4.69) is 24.0 Å². The van der Waals surface area contributed by atoms with Crippen molar-refractivity contribution in [3.8, 4) is 5.75 Å². The Labute approximate surface area is 120 Å². The van der Waals surface area contributed by atoms with Crippen LogP contribution >= 0.6 is 0 Å². The first kappa shape index (κ1) is 14.5. The molecule has 106 valence electrons. The molecule has 1 aromatic carbocycles. The average molecular weight is 270 g/mol. The lowest BCUT2D eigenvalue weighted by atomic mass is 10.0. The molecule has 3 nitrogen and oxygen atoms in total. The number of rotatable bonds is 6. The number of aromatic nitrogens is 1. The first-order valence-corrected chi connectivity index (χ1v) is 7.07. The number of hydrogen-bond acceptors (Lipinski definition) is 3. The highest BCUT2D eigenvalue weighted by molar-refractivity contribution is 5.29. The van der Waals surface area contributed by atoms with E-state index in [0.717, 1.165) is 30.0 Å². The highest BCUT2D eigenvalue weighted by atomic mass is 16.5. The summed E-state index contributed by atoms with van der Waals surface area (Å²) < 4.78 is 5.80. The summed E-state index contributed by atoms with van der Waals surface area (Å²) in [6.45, 7) is 4.58. The Bertz CT molecular complexity index is 554. The molecule has 20 heavy (non-hydrogen) atoms. The molecule has 1 atom stereocenters. The van der Waals surface area contributed by atoms with Gasteiger partial charge in [-0.05, 0) is 49.6 Å². The maximum Gasteiger partial charge on any atom is 0.130 e. The van der Waals surface area contributed by atoms with Gasteiger partial charge in [0.2, 0.25) is 0 Å². The van der Waals surface area contributed by atoms with Crippen molar-refractivity contribution in [2.45, 2.75) is 39.3 Å². The van der Waals surface area contributed by atoms with Crippen LogP contribution in [0.4, 0.5) is 0 Å². The Morgan fingerprint density at radius 1 is 1.20 bits per heavy atom. The third kappa shape index (κ3) is 4.35. The van der Waals surface area contributed by atoms with Crippen molar-refractivity contribution in [3.05, 3.63) is 59.4 Å². The van der Waals surface area contributed by atoms with Crippen LogP contribution in [0, 0.1) is 6.92 Å². The summed E-state index contributed by atoms with van der Waals surface area (Å²) in [5.74, 6) is 0.870. The molecule has 0 saturated carbocycles. The summed E-state index contributed by atoms with van der Waals surface area (Å²) in [6.07, 6.45) is 1.87. The molecule has 0 amide bonds. The largest absolute Gasteiger partial charge is 0.487 e. The molecule has 0 spiro atoms. The molecule has 0 radical (unpaired) electrons. The fourth-order valence-electron chi connectivity index (χ4n) is 2.05. The first-order valence-electron chi connectivity index (χ1n) is 7.07. The van der Waals surface area contributed by atoms with Crippen LogP contribution in [0.1, 0.15) is 30.3 Å². The third-order valence-corrected chi connectivity index (χ3v) is 3.25. The van der Waals surface area contributed by atoms with Gasteiger partial charge in [0, 0.05) is 11.7 Å². The first-order chi connectivity index (χ1) is 9.67. The predicted molar refractivity (Wildman–Crippen MR) is 81.7 cm³/mol. The number of nitrogens with zero attached hydrogens (tertiary/aromatic N) is 1. The molecule has 2 N–H and O–H groups in total. The molecule has 0 aliphatic rings. The van der Waals surface area contributed by atoms with Gasteiger partial charge in [-0.15, -0.1) is 0 Å². The zero-order chi connectivity index (χ0) is 14.4. The number of hydrogen-bond donors (Lipinski definition) is 1. The highest BCUT2D eigenvalue weighted by Gasteiger charge is 2.03. The molecule has 0 aliphatic carbocycles. The van der Waals surface area contributed by atoms with Gasteiger partial charge < -0.3 is 10.5 Å². The minimum Gasteiger partial charge on any atom is -0.487 e. The van der Waals surface area contributed by atoms with Crippen molar-refractivity contribution in [3.63, 3.8) is 0 Å². The van der Waals surface area contributed by atoms with Crippen molar-refractivity contribution in [2.24, 2.45) is 5.73 Å². The molecule has 0 bridgehead atoms. The number of pyridine rings is 1. The minimum absolute atomic E-state index is 0.212. The zero-order valence-corrected chi connectivity index (χ0v) is 12.2. The summed E-state index contributed by atoms with van der Waals surface area (Å²) >= 11 is 0. The lowest BCUT2D eigenvalue weighted by Gasteiger charge is -2.11. The Morgan fingerprint density at radius 3 is 2.75 bits per heavy atom. The van der Waals surface area contributed by atoms with E-state index in [1.165, 1.54) is 5.56 Å². The standard InChI is InChI=1S/C17H22N2O/c1-3-15(18)10-14-7-5-9-17(11-14)20-12-16-8-4-6-13(2)19-16/h4-9,11,15H,3,10,12,18H2,1-2H3. The summed E-state index contributed by atoms with van der Waals surface area (Å²) in [5.41, 5.74) is 9.16. The van der Waals surface area contributed by atoms with Gasteiger partial charge in [-0.3, -0.25) is 4.98 Å². The molecular formula is C17H22N2O. The van der Waals surface area contributed by atoms with E-state index in [1.807, 2.05) is 37.3 Å². The van der Waals surface area contributed by atoms with Crippen molar-refractivity contribution in [1.82, 2.24) is 4.98 Å². The van der Waals surface area contributed by atoms with E-state index in [9.17, 15) is 0 Å². The summed E-state index contributed by atoms with van der Waals surface area (Å²) in [7, 11) is 0. The fourth-order valence-corrected chi connectivity index (χ4v) is 2.05. The topological polar surface area (TPSA) is 48.1 Å². The average Bonchev–Trinajstić information content (AvgIpc) is 2.45. The summed E-state index contributed by atoms with van der Waals surface area (Å²) in [5, 5.41) is 0. The van der Waals surface area contributed by atoms with Crippen LogP contribution in [0.15, 0.2) is 42.5 Å². The van der Waals surface area contributed by atoms with E-state index in [1.54, 1.807) is 0 Å². The van der Waals surface area contributed by atoms with Crippen molar-refractivity contribution >= 4 is 0 Å². The molecule has 2 rings (SSSR count). The van der Waals surface area contributed by atoms with E-state index < -0.39 is 0 Å². The van der Waals surface area contributed by atoms with E-state index in [0.29, 0.717) is 6.61 Å². The Kier molecular flexibility index (Phi) is 5.13. The Morgan fingerprint density at radius 2 is 2.00 bits per heavy atom. The van der Waals surface area contributed by atoms with Crippen LogP contribution in [-0.4, -0.2) is 11.0 Å². The van der Waals surface area contributed by atoms with Crippen molar-refractivity contribution in [1.29, 1.82) is 0 Å². The molecule has 1 heterocycles. The van der Waals surface area contributed by atoms with Gasteiger partial charge in [-0.1, -0.05) is 25.1 Å². The quantitative estimate of drug-likeness (QED) is 0.876. The monoisotopic (exact) mass is 270 g/mol.